The second kappa shape index (κ2) is 6.44. The molecule has 3 aromatic rings. The first kappa shape index (κ1) is 17.9. The smallest absolute Gasteiger partial charge is 0.313 e. The number of cyclic esters (lactones) is 1. The van der Waals surface area contributed by atoms with Gasteiger partial charge < -0.3 is 14.4 Å². The molecule has 148 valence electrons. The van der Waals surface area contributed by atoms with Gasteiger partial charge in [0.15, 0.2) is 0 Å². The zero-order valence-electron chi connectivity index (χ0n) is 16.5. The summed E-state index contributed by atoms with van der Waals surface area (Å²) in [5.41, 5.74) is 5.75. The first-order chi connectivity index (χ1) is 14.0. The second-order valence-electron chi connectivity index (χ2n) is 7.78. The van der Waals surface area contributed by atoms with Crippen LogP contribution in [0.2, 0.25) is 0 Å². The monoisotopic (exact) mass is 390 g/mol. The minimum absolute atomic E-state index is 0.0355. The van der Waals surface area contributed by atoms with E-state index < -0.39 is 5.92 Å². The minimum atomic E-state index is -0.394. The first-order valence-electron chi connectivity index (χ1n) is 10.1. The number of aryl methyl sites for hydroxylation is 1. The third-order valence-electron chi connectivity index (χ3n) is 6.13. The normalized spacial score (nSPS) is 17.0. The molecule has 2 aliphatic heterocycles. The molecule has 1 N–H and O–H groups in total. The summed E-state index contributed by atoms with van der Waals surface area (Å²) in [5.74, 6) is -0.442. The largest absolute Gasteiger partial charge is 0.508 e. The van der Waals surface area contributed by atoms with Crippen molar-refractivity contribution in [1.29, 1.82) is 0 Å². The van der Waals surface area contributed by atoms with Gasteiger partial charge in [-0.05, 0) is 48.2 Å². The van der Waals surface area contributed by atoms with Gasteiger partial charge in [0.25, 0.3) is 5.56 Å². The van der Waals surface area contributed by atoms with E-state index >= 15 is 0 Å². The Labute approximate surface area is 167 Å². The Hall–Kier alpha value is -3.15. The molecule has 0 saturated heterocycles. The molecule has 0 fully saturated rings. The van der Waals surface area contributed by atoms with Crippen molar-refractivity contribution < 1.29 is 14.6 Å². The van der Waals surface area contributed by atoms with E-state index in [0.717, 1.165) is 51.8 Å². The number of hydrogen-bond donors (Lipinski definition) is 1. The van der Waals surface area contributed by atoms with E-state index in [0.29, 0.717) is 18.5 Å². The minimum Gasteiger partial charge on any atom is -0.508 e. The summed E-state index contributed by atoms with van der Waals surface area (Å²) in [6.07, 6.45) is 2.26. The van der Waals surface area contributed by atoms with Gasteiger partial charge >= 0.3 is 5.97 Å². The van der Waals surface area contributed by atoms with Gasteiger partial charge in [0.2, 0.25) is 0 Å². The first-order valence-corrected chi connectivity index (χ1v) is 10.1. The van der Waals surface area contributed by atoms with E-state index in [4.69, 9.17) is 9.72 Å². The molecule has 1 aromatic carbocycles. The lowest BCUT2D eigenvalue weighted by molar-refractivity contribution is -0.148. The van der Waals surface area contributed by atoms with E-state index in [1.807, 2.05) is 13.0 Å². The Morgan fingerprint density at radius 1 is 1.21 bits per heavy atom. The van der Waals surface area contributed by atoms with Crippen molar-refractivity contribution in [2.24, 2.45) is 0 Å². The van der Waals surface area contributed by atoms with Crippen molar-refractivity contribution in [2.75, 3.05) is 0 Å². The summed E-state index contributed by atoms with van der Waals surface area (Å²) >= 11 is 0. The number of rotatable bonds is 3. The molecule has 5 rings (SSSR count). The van der Waals surface area contributed by atoms with E-state index in [-0.39, 0.29) is 23.9 Å². The molecule has 0 amide bonds. The van der Waals surface area contributed by atoms with Gasteiger partial charge in [-0.15, -0.1) is 0 Å². The molecule has 0 spiro atoms. The number of hydrogen-bond acceptors (Lipinski definition) is 5. The number of nitrogens with zero attached hydrogens (tertiary/aromatic N) is 2. The van der Waals surface area contributed by atoms with Crippen molar-refractivity contribution in [3.05, 3.63) is 56.9 Å². The molecule has 0 saturated carbocycles. The third-order valence-corrected chi connectivity index (χ3v) is 6.13. The Bertz CT molecular complexity index is 1240. The zero-order valence-corrected chi connectivity index (χ0v) is 16.5. The highest BCUT2D eigenvalue weighted by Crippen LogP contribution is 2.39. The Kier molecular flexibility index (Phi) is 3.98. The highest BCUT2D eigenvalue weighted by molar-refractivity contribution is 5.89. The van der Waals surface area contributed by atoms with Crippen LogP contribution < -0.4 is 5.56 Å². The zero-order chi connectivity index (χ0) is 20.3. The SMILES string of the molecule is CCC[C@H]1C(=O)OCc2c1cc1n(c2=O)Cc2c-1nc1ccc(O)cc1c2CC. The van der Waals surface area contributed by atoms with Gasteiger partial charge in [0.05, 0.1) is 34.9 Å². The van der Waals surface area contributed by atoms with Crippen LogP contribution in [0.5, 0.6) is 5.75 Å². The number of esters is 1. The average molecular weight is 390 g/mol. The number of benzene rings is 1. The fourth-order valence-corrected chi connectivity index (χ4v) is 4.75. The number of phenols is 1. The van der Waals surface area contributed by atoms with Crippen molar-refractivity contribution in [3.63, 3.8) is 0 Å². The van der Waals surface area contributed by atoms with Gasteiger partial charge in [-0.1, -0.05) is 20.3 Å². The van der Waals surface area contributed by atoms with E-state index in [2.05, 4.69) is 6.92 Å². The Balaban J connectivity index is 1.79. The maximum absolute atomic E-state index is 13.3. The van der Waals surface area contributed by atoms with Crippen LogP contribution in [-0.4, -0.2) is 20.6 Å². The topological polar surface area (TPSA) is 81.4 Å². The lowest BCUT2D eigenvalue weighted by Gasteiger charge is -2.24. The van der Waals surface area contributed by atoms with Crippen molar-refractivity contribution >= 4 is 16.9 Å². The Morgan fingerprint density at radius 2 is 2.03 bits per heavy atom. The molecule has 6 heteroatoms. The summed E-state index contributed by atoms with van der Waals surface area (Å²) in [5, 5.41) is 10.9. The number of pyridine rings is 2. The van der Waals surface area contributed by atoms with Crippen LogP contribution in [0.1, 0.15) is 54.9 Å². The summed E-state index contributed by atoms with van der Waals surface area (Å²) in [4.78, 5) is 30.5. The molecule has 2 aliphatic rings. The molecule has 6 nitrogen and oxygen atoms in total. The molecule has 2 aromatic heterocycles. The maximum Gasteiger partial charge on any atom is 0.313 e. The van der Waals surface area contributed by atoms with Gasteiger partial charge in [0, 0.05) is 10.9 Å². The predicted octanol–water partition coefficient (Wildman–Crippen LogP) is 3.63. The average Bonchev–Trinajstić information content (AvgIpc) is 3.07. The number of fused-ring (bicyclic) bond motifs is 5. The van der Waals surface area contributed by atoms with Crippen LogP contribution in [0.3, 0.4) is 0 Å². The lowest BCUT2D eigenvalue weighted by Crippen LogP contribution is -2.32. The molecular formula is C23H22N2O4. The van der Waals surface area contributed by atoms with E-state index in [9.17, 15) is 14.7 Å². The van der Waals surface area contributed by atoms with Gasteiger partial charge in [-0.3, -0.25) is 9.59 Å². The maximum atomic E-state index is 13.3. The fourth-order valence-electron chi connectivity index (χ4n) is 4.75. The van der Waals surface area contributed by atoms with Crippen LogP contribution in [-0.2, 0) is 29.1 Å². The molecular weight excluding hydrogens is 368 g/mol. The Morgan fingerprint density at radius 3 is 2.79 bits per heavy atom. The summed E-state index contributed by atoms with van der Waals surface area (Å²) in [6, 6.07) is 7.15. The molecule has 0 aliphatic carbocycles. The number of phenolic OH excluding ortho intramolecular Hbond substituents is 1. The van der Waals surface area contributed by atoms with Crippen LogP contribution >= 0.6 is 0 Å². The fraction of sp³-hybridized carbons (Fsp3) is 0.348. The number of carbonyl (C=O) groups is 1. The standard InChI is InChI=1S/C23H22N2O4/c1-3-5-14-15-9-20-21-17(10-25(20)22(27)18(15)11-29-23(14)28)13(4-2)16-8-12(26)6-7-19(16)24-21/h6-9,14,26H,3-5,10-11H2,1-2H3/t14-/m1/s1. The molecule has 4 heterocycles. The summed E-state index contributed by atoms with van der Waals surface area (Å²) in [6.45, 7) is 4.58. The lowest BCUT2D eigenvalue weighted by atomic mass is 9.89. The number of aromatic nitrogens is 2. The number of carbonyl (C=O) groups excluding carboxylic acids is 1. The van der Waals surface area contributed by atoms with Gasteiger partial charge in [0.1, 0.15) is 12.4 Å². The van der Waals surface area contributed by atoms with Crippen molar-refractivity contribution in [1.82, 2.24) is 9.55 Å². The van der Waals surface area contributed by atoms with E-state index in [1.165, 1.54) is 0 Å². The van der Waals surface area contributed by atoms with E-state index in [1.54, 1.807) is 22.8 Å². The van der Waals surface area contributed by atoms with Crippen molar-refractivity contribution in [3.8, 4) is 17.1 Å². The van der Waals surface area contributed by atoms with Gasteiger partial charge in [-0.2, -0.15) is 0 Å². The molecule has 0 bridgehead atoms. The number of ether oxygens (including phenoxy) is 1. The molecule has 0 unspecified atom stereocenters. The summed E-state index contributed by atoms with van der Waals surface area (Å²) < 4.78 is 7.06. The predicted molar refractivity (Wildman–Crippen MR) is 109 cm³/mol. The van der Waals surface area contributed by atoms with Crippen LogP contribution in [0.25, 0.3) is 22.3 Å². The van der Waals surface area contributed by atoms with Crippen LogP contribution in [0.15, 0.2) is 29.1 Å². The van der Waals surface area contributed by atoms with Crippen LogP contribution in [0, 0.1) is 0 Å². The van der Waals surface area contributed by atoms with Crippen LogP contribution in [0.4, 0.5) is 0 Å². The third kappa shape index (κ3) is 2.51. The summed E-state index contributed by atoms with van der Waals surface area (Å²) in [7, 11) is 0. The molecule has 1 atom stereocenters. The van der Waals surface area contributed by atoms with Crippen molar-refractivity contribution in [2.45, 2.75) is 52.2 Å². The highest BCUT2D eigenvalue weighted by atomic mass is 16.5. The quantitative estimate of drug-likeness (QED) is 0.540. The van der Waals surface area contributed by atoms with Gasteiger partial charge in [-0.25, -0.2) is 4.98 Å². The highest BCUT2D eigenvalue weighted by Gasteiger charge is 2.35. The molecule has 29 heavy (non-hydrogen) atoms. The number of aromatic hydroxyl groups is 1. The molecule has 0 radical (unpaired) electrons. The second-order valence-corrected chi connectivity index (χ2v) is 7.78.